The molecular formula is C11H18N2O2. The van der Waals surface area contributed by atoms with Crippen LogP contribution < -0.4 is 5.73 Å². The highest BCUT2D eigenvalue weighted by molar-refractivity contribution is 5.47. The zero-order valence-corrected chi connectivity index (χ0v) is 8.98. The molecule has 1 aromatic rings. The fraction of sp³-hybridized carbons (Fsp3) is 0.455. The molecule has 0 heterocycles. The van der Waals surface area contributed by atoms with Crippen molar-refractivity contribution in [2.45, 2.75) is 13.5 Å². The van der Waals surface area contributed by atoms with Crippen LogP contribution in [0.5, 0.6) is 5.75 Å². The van der Waals surface area contributed by atoms with Gasteiger partial charge in [-0.2, -0.15) is 0 Å². The van der Waals surface area contributed by atoms with Crippen LogP contribution in [0, 0.1) is 0 Å². The molecule has 0 radical (unpaired) electrons. The van der Waals surface area contributed by atoms with Gasteiger partial charge in [0.25, 0.3) is 0 Å². The first-order valence-electron chi connectivity index (χ1n) is 5.08. The number of likely N-dealkylation sites (N-methyl/N-ethyl adjacent to an activating group) is 1. The summed E-state index contributed by atoms with van der Waals surface area (Å²) in [7, 11) is 0. The largest absolute Gasteiger partial charge is 0.508 e. The average Bonchev–Trinajstić information content (AvgIpc) is 2.22. The minimum Gasteiger partial charge on any atom is -0.508 e. The summed E-state index contributed by atoms with van der Waals surface area (Å²) in [5, 5.41) is 18.4. The van der Waals surface area contributed by atoms with Gasteiger partial charge in [-0.3, -0.25) is 4.90 Å². The van der Waals surface area contributed by atoms with Crippen LogP contribution in [0.25, 0.3) is 0 Å². The predicted octanol–water partition coefficient (Wildman–Crippen LogP) is 0.789. The van der Waals surface area contributed by atoms with Gasteiger partial charge in [0.05, 0.1) is 6.61 Å². The Bertz CT molecular complexity index is 315. The third-order valence-electron chi connectivity index (χ3n) is 2.36. The van der Waals surface area contributed by atoms with Crippen molar-refractivity contribution < 1.29 is 10.2 Å². The summed E-state index contributed by atoms with van der Waals surface area (Å²) in [5.74, 6) is 0.251. The van der Waals surface area contributed by atoms with E-state index in [1.54, 1.807) is 18.2 Å². The molecule has 0 unspecified atom stereocenters. The highest BCUT2D eigenvalue weighted by Crippen LogP contribution is 2.21. The van der Waals surface area contributed by atoms with Crippen molar-refractivity contribution >= 4 is 5.69 Å². The van der Waals surface area contributed by atoms with E-state index in [1.165, 1.54) is 0 Å². The van der Waals surface area contributed by atoms with Gasteiger partial charge in [-0.05, 0) is 24.7 Å². The minimum atomic E-state index is 0.122. The summed E-state index contributed by atoms with van der Waals surface area (Å²) in [6.07, 6.45) is 0. The van der Waals surface area contributed by atoms with Crippen molar-refractivity contribution in [3.8, 4) is 5.75 Å². The lowest BCUT2D eigenvalue weighted by atomic mass is 10.1. The Balaban J connectivity index is 2.73. The number of nitrogens with zero attached hydrogens (tertiary/aromatic N) is 1. The Kier molecular flexibility index (Phi) is 4.39. The van der Waals surface area contributed by atoms with Crippen molar-refractivity contribution in [1.82, 2.24) is 4.90 Å². The zero-order valence-electron chi connectivity index (χ0n) is 8.98. The molecule has 0 spiro atoms. The van der Waals surface area contributed by atoms with Crippen LogP contribution >= 0.6 is 0 Å². The lowest BCUT2D eigenvalue weighted by Crippen LogP contribution is -2.26. The molecule has 0 aliphatic carbocycles. The second-order valence-electron chi connectivity index (χ2n) is 3.48. The van der Waals surface area contributed by atoms with Crippen LogP contribution in [-0.2, 0) is 6.54 Å². The molecule has 1 rings (SSSR count). The van der Waals surface area contributed by atoms with E-state index >= 15 is 0 Å². The second kappa shape index (κ2) is 5.58. The van der Waals surface area contributed by atoms with E-state index in [4.69, 9.17) is 10.8 Å². The molecule has 84 valence electrons. The number of benzene rings is 1. The maximum atomic E-state index is 9.60. The molecule has 4 nitrogen and oxygen atoms in total. The summed E-state index contributed by atoms with van der Waals surface area (Å²) in [4.78, 5) is 2.04. The van der Waals surface area contributed by atoms with E-state index in [-0.39, 0.29) is 12.4 Å². The van der Waals surface area contributed by atoms with Gasteiger partial charge in [0, 0.05) is 24.3 Å². The Labute approximate surface area is 89.9 Å². The number of aromatic hydroxyl groups is 1. The minimum absolute atomic E-state index is 0.122. The van der Waals surface area contributed by atoms with Gasteiger partial charge in [0.1, 0.15) is 5.75 Å². The number of rotatable bonds is 5. The zero-order chi connectivity index (χ0) is 11.3. The molecule has 4 N–H and O–H groups in total. The maximum absolute atomic E-state index is 9.60. The number of phenolic OH excluding ortho intramolecular Hbond substituents is 1. The van der Waals surface area contributed by atoms with E-state index in [1.807, 2.05) is 11.8 Å². The summed E-state index contributed by atoms with van der Waals surface area (Å²) in [6, 6.07) is 5.02. The van der Waals surface area contributed by atoms with Crippen molar-refractivity contribution in [2.24, 2.45) is 0 Å². The fourth-order valence-electron chi connectivity index (χ4n) is 1.46. The van der Waals surface area contributed by atoms with E-state index in [0.29, 0.717) is 18.8 Å². The number of hydrogen-bond donors (Lipinski definition) is 3. The first-order valence-corrected chi connectivity index (χ1v) is 5.08. The van der Waals surface area contributed by atoms with Crippen molar-refractivity contribution in [1.29, 1.82) is 0 Å². The van der Waals surface area contributed by atoms with Crippen molar-refractivity contribution in [2.75, 3.05) is 25.4 Å². The molecule has 0 saturated heterocycles. The summed E-state index contributed by atoms with van der Waals surface area (Å²) in [6.45, 7) is 4.17. The lowest BCUT2D eigenvalue weighted by Gasteiger charge is -2.19. The first kappa shape index (κ1) is 11.8. The molecule has 0 aliphatic rings. The van der Waals surface area contributed by atoms with Crippen LogP contribution in [-0.4, -0.2) is 34.8 Å². The molecule has 0 amide bonds. The summed E-state index contributed by atoms with van der Waals surface area (Å²) in [5.41, 5.74) is 7.08. The molecule has 1 aromatic carbocycles. The van der Waals surface area contributed by atoms with Gasteiger partial charge in [0.15, 0.2) is 0 Å². The van der Waals surface area contributed by atoms with Crippen LogP contribution in [0.4, 0.5) is 5.69 Å². The molecule has 4 heteroatoms. The third-order valence-corrected chi connectivity index (χ3v) is 2.36. The monoisotopic (exact) mass is 210 g/mol. The molecule has 0 saturated carbocycles. The molecule has 0 atom stereocenters. The molecule has 0 aromatic heterocycles. The second-order valence-corrected chi connectivity index (χ2v) is 3.48. The van der Waals surface area contributed by atoms with Crippen LogP contribution in [0.15, 0.2) is 18.2 Å². The van der Waals surface area contributed by atoms with Crippen molar-refractivity contribution in [3.63, 3.8) is 0 Å². The lowest BCUT2D eigenvalue weighted by molar-refractivity contribution is 0.195. The van der Waals surface area contributed by atoms with E-state index < -0.39 is 0 Å². The standard InChI is InChI=1S/C11H18N2O2/c1-2-13(5-6-14)8-9-7-10(12)3-4-11(9)15/h3-4,7,14-15H,2,5-6,8,12H2,1H3. The SMILES string of the molecule is CCN(CCO)Cc1cc(N)ccc1O. The van der Waals surface area contributed by atoms with Crippen LogP contribution in [0.3, 0.4) is 0 Å². The van der Waals surface area contributed by atoms with Crippen LogP contribution in [0.2, 0.25) is 0 Å². The Morgan fingerprint density at radius 3 is 2.73 bits per heavy atom. The highest BCUT2D eigenvalue weighted by atomic mass is 16.3. The number of phenols is 1. The number of hydrogen-bond acceptors (Lipinski definition) is 4. The van der Waals surface area contributed by atoms with E-state index in [2.05, 4.69) is 0 Å². The van der Waals surface area contributed by atoms with Crippen molar-refractivity contribution in [3.05, 3.63) is 23.8 Å². The number of nitrogen functional groups attached to an aromatic ring is 1. The Morgan fingerprint density at radius 1 is 1.40 bits per heavy atom. The Hall–Kier alpha value is -1.26. The molecular weight excluding hydrogens is 192 g/mol. The van der Waals surface area contributed by atoms with Gasteiger partial charge in [-0.1, -0.05) is 6.92 Å². The van der Waals surface area contributed by atoms with Gasteiger partial charge in [0.2, 0.25) is 0 Å². The number of anilines is 1. The first-order chi connectivity index (χ1) is 7.17. The molecule has 0 fully saturated rings. The topological polar surface area (TPSA) is 69.7 Å². The summed E-state index contributed by atoms with van der Waals surface area (Å²) >= 11 is 0. The van der Waals surface area contributed by atoms with Gasteiger partial charge < -0.3 is 15.9 Å². The van der Waals surface area contributed by atoms with Crippen LogP contribution in [0.1, 0.15) is 12.5 Å². The third kappa shape index (κ3) is 3.42. The molecule has 15 heavy (non-hydrogen) atoms. The van der Waals surface area contributed by atoms with Gasteiger partial charge >= 0.3 is 0 Å². The Morgan fingerprint density at radius 2 is 2.13 bits per heavy atom. The highest BCUT2D eigenvalue weighted by Gasteiger charge is 2.07. The smallest absolute Gasteiger partial charge is 0.120 e. The number of aliphatic hydroxyl groups is 1. The normalized spacial score (nSPS) is 10.9. The average molecular weight is 210 g/mol. The quantitative estimate of drug-likeness (QED) is 0.496. The summed E-state index contributed by atoms with van der Waals surface area (Å²) < 4.78 is 0. The van der Waals surface area contributed by atoms with E-state index in [0.717, 1.165) is 12.1 Å². The number of aliphatic hydroxyl groups excluding tert-OH is 1. The van der Waals surface area contributed by atoms with Gasteiger partial charge in [-0.15, -0.1) is 0 Å². The fourth-order valence-corrected chi connectivity index (χ4v) is 1.46. The molecule has 0 aliphatic heterocycles. The van der Waals surface area contributed by atoms with Gasteiger partial charge in [-0.25, -0.2) is 0 Å². The molecule has 0 bridgehead atoms. The van der Waals surface area contributed by atoms with E-state index in [9.17, 15) is 5.11 Å². The number of nitrogens with two attached hydrogens (primary N) is 1. The maximum Gasteiger partial charge on any atom is 0.120 e. The predicted molar refractivity (Wildman–Crippen MR) is 60.6 cm³/mol.